The van der Waals surface area contributed by atoms with Gasteiger partial charge in [0.1, 0.15) is 0 Å². The van der Waals surface area contributed by atoms with E-state index < -0.39 is 10.0 Å². The van der Waals surface area contributed by atoms with Crippen LogP contribution in [0.5, 0.6) is 0 Å². The number of amides is 1. The zero-order valence-corrected chi connectivity index (χ0v) is 15.4. The summed E-state index contributed by atoms with van der Waals surface area (Å²) in [4.78, 5) is 16.7. The molecule has 0 unspecified atom stereocenters. The van der Waals surface area contributed by atoms with Gasteiger partial charge < -0.3 is 9.88 Å². The molecule has 140 valence electrons. The Hall–Kier alpha value is -2.71. The third kappa shape index (κ3) is 4.17. The lowest BCUT2D eigenvalue weighted by molar-refractivity contribution is -0.116. The summed E-state index contributed by atoms with van der Waals surface area (Å²) < 4.78 is 29.1. The number of nitrogens with zero attached hydrogens (tertiary/aromatic N) is 2. The van der Waals surface area contributed by atoms with Crippen molar-refractivity contribution < 1.29 is 13.2 Å². The number of hydrogen-bond acceptors (Lipinski definition) is 4. The first-order chi connectivity index (χ1) is 13.0. The van der Waals surface area contributed by atoms with Gasteiger partial charge in [0.25, 0.3) is 0 Å². The highest BCUT2D eigenvalue weighted by Gasteiger charge is 2.28. The maximum absolute atomic E-state index is 12.3. The van der Waals surface area contributed by atoms with Crippen LogP contribution < -0.4 is 10.0 Å². The summed E-state index contributed by atoms with van der Waals surface area (Å²) in [6.07, 6.45) is 3.73. The number of anilines is 1. The zero-order valence-electron chi connectivity index (χ0n) is 14.6. The van der Waals surface area contributed by atoms with E-state index >= 15 is 0 Å². The van der Waals surface area contributed by atoms with E-state index in [2.05, 4.69) is 15.0 Å². The molecule has 3 aromatic rings. The molecule has 2 N–H and O–H groups in total. The lowest BCUT2D eigenvalue weighted by Gasteiger charge is -2.09. The molecule has 1 saturated carbocycles. The maximum atomic E-state index is 12.3. The molecule has 2 aromatic carbocycles. The molecular weight excluding hydrogens is 364 g/mol. The Labute approximate surface area is 157 Å². The van der Waals surface area contributed by atoms with E-state index in [1.54, 1.807) is 18.5 Å². The van der Waals surface area contributed by atoms with Gasteiger partial charge in [0, 0.05) is 24.7 Å². The van der Waals surface area contributed by atoms with Gasteiger partial charge in [-0.3, -0.25) is 4.79 Å². The van der Waals surface area contributed by atoms with Crippen molar-refractivity contribution >= 4 is 32.7 Å². The van der Waals surface area contributed by atoms with Gasteiger partial charge in [0.05, 0.1) is 22.3 Å². The van der Waals surface area contributed by atoms with Crippen LogP contribution in [0.2, 0.25) is 0 Å². The van der Waals surface area contributed by atoms with Gasteiger partial charge in [-0.25, -0.2) is 18.1 Å². The summed E-state index contributed by atoms with van der Waals surface area (Å²) in [7, 11) is -3.54. The molecule has 1 fully saturated rings. The molecule has 1 heterocycles. The van der Waals surface area contributed by atoms with Gasteiger partial charge >= 0.3 is 0 Å². The standard InChI is InChI=1S/C19H20N4O3S/c24-19(10-11-23-13-20-17-6-1-2-7-18(17)23)21-15-4-3-5-16(12-15)27(25,26)22-14-8-9-14/h1-7,12-14,22H,8-11H2,(H,21,24). The maximum Gasteiger partial charge on any atom is 0.240 e. The largest absolute Gasteiger partial charge is 0.330 e. The molecule has 4 rings (SSSR count). The van der Waals surface area contributed by atoms with Crippen molar-refractivity contribution in [1.82, 2.24) is 14.3 Å². The molecule has 27 heavy (non-hydrogen) atoms. The molecule has 0 spiro atoms. The number of hydrogen-bond donors (Lipinski definition) is 2. The topological polar surface area (TPSA) is 93.1 Å². The van der Waals surface area contributed by atoms with Crippen LogP contribution in [0.25, 0.3) is 11.0 Å². The molecule has 1 amide bonds. The minimum Gasteiger partial charge on any atom is -0.330 e. The van der Waals surface area contributed by atoms with E-state index in [1.807, 2.05) is 28.8 Å². The number of fused-ring (bicyclic) bond motifs is 1. The number of imidazole rings is 1. The third-order valence-corrected chi connectivity index (χ3v) is 5.95. The highest BCUT2D eigenvalue weighted by Crippen LogP contribution is 2.23. The Morgan fingerprint density at radius 1 is 1.15 bits per heavy atom. The van der Waals surface area contributed by atoms with Crippen molar-refractivity contribution in [3.8, 4) is 0 Å². The number of carbonyl (C=O) groups is 1. The van der Waals surface area contributed by atoms with Crippen molar-refractivity contribution in [2.75, 3.05) is 5.32 Å². The van der Waals surface area contributed by atoms with Crippen LogP contribution in [0, 0.1) is 0 Å². The second kappa shape index (κ2) is 7.13. The van der Waals surface area contributed by atoms with Crippen LogP contribution in [0.15, 0.2) is 59.8 Å². The van der Waals surface area contributed by atoms with Gasteiger partial charge in [0.15, 0.2) is 0 Å². The number of para-hydroxylation sites is 2. The van der Waals surface area contributed by atoms with E-state index in [0.29, 0.717) is 12.2 Å². The smallest absolute Gasteiger partial charge is 0.240 e. The molecule has 1 aliphatic rings. The Morgan fingerprint density at radius 3 is 2.78 bits per heavy atom. The summed E-state index contributed by atoms with van der Waals surface area (Å²) in [6, 6.07) is 14.1. The van der Waals surface area contributed by atoms with Gasteiger partial charge in [-0.05, 0) is 43.2 Å². The van der Waals surface area contributed by atoms with Crippen molar-refractivity contribution in [3.05, 3.63) is 54.9 Å². The van der Waals surface area contributed by atoms with Gasteiger partial charge in [0.2, 0.25) is 15.9 Å². The lowest BCUT2D eigenvalue weighted by Crippen LogP contribution is -2.25. The SMILES string of the molecule is O=C(CCn1cnc2ccccc21)Nc1cccc(S(=O)(=O)NC2CC2)c1. The molecule has 0 bridgehead atoms. The van der Waals surface area contributed by atoms with E-state index in [1.165, 1.54) is 12.1 Å². The average Bonchev–Trinajstić information content (AvgIpc) is 3.36. The van der Waals surface area contributed by atoms with Crippen molar-refractivity contribution in [3.63, 3.8) is 0 Å². The third-order valence-electron chi connectivity index (χ3n) is 4.43. The molecule has 8 heteroatoms. The first kappa shape index (κ1) is 17.7. The molecule has 0 aliphatic heterocycles. The molecule has 0 saturated heterocycles. The highest BCUT2D eigenvalue weighted by molar-refractivity contribution is 7.89. The van der Waals surface area contributed by atoms with Gasteiger partial charge in [-0.15, -0.1) is 0 Å². The summed E-state index contributed by atoms with van der Waals surface area (Å²) >= 11 is 0. The predicted octanol–water partition coefficient (Wildman–Crippen LogP) is 2.51. The Morgan fingerprint density at radius 2 is 1.96 bits per heavy atom. The summed E-state index contributed by atoms with van der Waals surface area (Å²) in [6.45, 7) is 0.494. The van der Waals surface area contributed by atoms with Crippen LogP contribution in [-0.2, 0) is 21.4 Å². The number of sulfonamides is 1. The van der Waals surface area contributed by atoms with E-state index in [4.69, 9.17) is 0 Å². The molecular formula is C19H20N4O3S. The first-order valence-electron chi connectivity index (χ1n) is 8.83. The summed E-state index contributed by atoms with van der Waals surface area (Å²) in [5.74, 6) is -0.183. The second-order valence-corrected chi connectivity index (χ2v) is 8.36. The fourth-order valence-electron chi connectivity index (χ4n) is 2.86. The second-order valence-electron chi connectivity index (χ2n) is 6.65. The van der Waals surface area contributed by atoms with Crippen LogP contribution in [0.3, 0.4) is 0 Å². The van der Waals surface area contributed by atoms with E-state index in [-0.39, 0.29) is 23.3 Å². The Bertz CT molecular complexity index is 1090. The molecule has 1 aliphatic carbocycles. The number of benzene rings is 2. The number of nitrogens with one attached hydrogen (secondary N) is 2. The number of carbonyl (C=O) groups excluding carboxylic acids is 1. The van der Waals surface area contributed by atoms with Crippen LogP contribution >= 0.6 is 0 Å². The zero-order chi connectivity index (χ0) is 18.9. The number of aryl methyl sites for hydroxylation is 1. The highest BCUT2D eigenvalue weighted by atomic mass is 32.2. The van der Waals surface area contributed by atoms with Crippen LogP contribution in [0.4, 0.5) is 5.69 Å². The van der Waals surface area contributed by atoms with Crippen molar-refractivity contribution in [2.24, 2.45) is 0 Å². The number of rotatable bonds is 7. The van der Waals surface area contributed by atoms with Gasteiger partial charge in [-0.1, -0.05) is 18.2 Å². The van der Waals surface area contributed by atoms with Gasteiger partial charge in [-0.2, -0.15) is 0 Å². The molecule has 0 atom stereocenters. The molecule has 0 radical (unpaired) electrons. The fraction of sp³-hybridized carbons (Fsp3) is 0.263. The Balaban J connectivity index is 1.40. The minimum absolute atomic E-state index is 0.0400. The Kier molecular flexibility index (Phi) is 4.67. The van der Waals surface area contributed by atoms with E-state index in [0.717, 1.165) is 23.9 Å². The minimum atomic E-state index is -3.54. The lowest BCUT2D eigenvalue weighted by atomic mass is 10.3. The summed E-state index contributed by atoms with van der Waals surface area (Å²) in [5, 5.41) is 2.77. The molecule has 7 nitrogen and oxygen atoms in total. The fourth-order valence-corrected chi connectivity index (χ4v) is 4.21. The molecule has 1 aromatic heterocycles. The normalized spacial score (nSPS) is 14.4. The number of aromatic nitrogens is 2. The quantitative estimate of drug-likeness (QED) is 0.655. The van der Waals surface area contributed by atoms with Crippen LogP contribution in [-0.4, -0.2) is 29.9 Å². The van der Waals surface area contributed by atoms with Crippen LogP contribution in [0.1, 0.15) is 19.3 Å². The first-order valence-corrected chi connectivity index (χ1v) is 10.3. The summed E-state index contributed by atoms with van der Waals surface area (Å²) in [5.41, 5.74) is 2.33. The van der Waals surface area contributed by atoms with Crippen molar-refractivity contribution in [1.29, 1.82) is 0 Å². The van der Waals surface area contributed by atoms with Crippen molar-refractivity contribution in [2.45, 2.75) is 36.7 Å². The monoisotopic (exact) mass is 384 g/mol. The average molecular weight is 384 g/mol. The van der Waals surface area contributed by atoms with E-state index in [9.17, 15) is 13.2 Å². The predicted molar refractivity (Wildman–Crippen MR) is 103 cm³/mol.